The van der Waals surface area contributed by atoms with Gasteiger partial charge in [0.25, 0.3) is 5.91 Å². The average Bonchev–Trinajstić information content (AvgIpc) is 3.22. The summed E-state index contributed by atoms with van der Waals surface area (Å²) in [6, 6.07) is 16.8. The summed E-state index contributed by atoms with van der Waals surface area (Å²) in [5.74, 6) is 0.651. The Labute approximate surface area is 199 Å². The zero-order valence-electron chi connectivity index (χ0n) is 16.7. The summed E-state index contributed by atoms with van der Waals surface area (Å²) >= 11 is 6.98. The summed E-state index contributed by atoms with van der Waals surface area (Å²) in [4.78, 5) is 21.8. The summed E-state index contributed by atoms with van der Waals surface area (Å²) in [5, 5.41) is 4.84. The minimum Gasteiger partial charge on any atom is -0.495 e. The van der Waals surface area contributed by atoms with Gasteiger partial charge in [0.1, 0.15) is 11.3 Å². The Morgan fingerprint density at radius 2 is 1.91 bits per heavy atom. The van der Waals surface area contributed by atoms with Gasteiger partial charge in [0.2, 0.25) is 5.89 Å². The van der Waals surface area contributed by atoms with E-state index in [1.807, 2.05) is 36.4 Å². The lowest BCUT2D eigenvalue weighted by molar-refractivity contribution is 0.102. The van der Waals surface area contributed by atoms with E-state index in [0.29, 0.717) is 34.0 Å². The van der Waals surface area contributed by atoms with Crippen LogP contribution in [-0.4, -0.2) is 23.0 Å². The molecule has 0 aliphatic carbocycles. The molecule has 1 amide bonds. The highest BCUT2D eigenvalue weighted by atomic mass is 79.9. The van der Waals surface area contributed by atoms with E-state index in [1.165, 1.54) is 0 Å². The normalized spacial score (nSPS) is 11.1. The number of nitrogens with one attached hydrogen (secondary N) is 1. The fourth-order valence-electron chi connectivity index (χ4n) is 3.51. The summed E-state index contributed by atoms with van der Waals surface area (Å²) in [6.07, 6.45) is 3.38. The number of oxazole rings is 1. The second kappa shape index (κ2) is 8.37. The Balaban J connectivity index is 1.49. The highest BCUT2D eigenvalue weighted by Gasteiger charge is 2.19. The van der Waals surface area contributed by atoms with E-state index in [-0.39, 0.29) is 5.91 Å². The predicted octanol–water partition coefficient (Wildman–Crippen LogP) is 6.83. The maximum Gasteiger partial charge on any atom is 0.259 e. The van der Waals surface area contributed by atoms with Crippen LogP contribution in [0.25, 0.3) is 33.3 Å². The zero-order chi connectivity index (χ0) is 22.2. The molecule has 0 radical (unpaired) electrons. The maximum atomic E-state index is 13.1. The Morgan fingerprint density at radius 3 is 2.72 bits per heavy atom. The smallest absolute Gasteiger partial charge is 0.259 e. The highest BCUT2D eigenvalue weighted by Crippen LogP contribution is 2.37. The van der Waals surface area contributed by atoms with Gasteiger partial charge in [-0.05, 0) is 73.0 Å². The fourth-order valence-corrected chi connectivity index (χ4v) is 4.61. The molecule has 0 aliphatic rings. The van der Waals surface area contributed by atoms with E-state index in [1.54, 1.807) is 37.7 Å². The van der Waals surface area contributed by atoms with Gasteiger partial charge >= 0.3 is 0 Å². The zero-order valence-corrected chi connectivity index (χ0v) is 19.9. The van der Waals surface area contributed by atoms with E-state index in [4.69, 9.17) is 9.15 Å². The number of aromatic nitrogens is 2. The molecule has 0 bridgehead atoms. The van der Waals surface area contributed by atoms with E-state index in [2.05, 4.69) is 47.1 Å². The van der Waals surface area contributed by atoms with Gasteiger partial charge in [-0.1, -0.05) is 24.3 Å². The monoisotopic (exact) mass is 551 g/mol. The number of hydrogen-bond donors (Lipinski definition) is 1. The molecule has 6 nitrogen and oxygen atoms in total. The average molecular weight is 553 g/mol. The molecular weight excluding hydrogens is 538 g/mol. The molecule has 0 fully saturated rings. The van der Waals surface area contributed by atoms with Crippen LogP contribution in [0, 0.1) is 0 Å². The molecule has 2 heterocycles. The summed E-state index contributed by atoms with van der Waals surface area (Å²) in [6.45, 7) is 0. The summed E-state index contributed by atoms with van der Waals surface area (Å²) in [5.41, 5.74) is 3.03. The lowest BCUT2D eigenvalue weighted by Gasteiger charge is -2.13. The number of halogens is 2. The summed E-state index contributed by atoms with van der Waals surface area (Å²) in [7, 11) is 1.55. The van der Waals surface area contributed by atoms with Crippen LogP contribution in [0.4, 0.5) is 5.69 Å². The van der Waals surface area contributed by atoms with Crippen molar-refractivity contribution in [1.29, 1.82) is 0 Å². The number of nitrogens with zero attached hydrogens (tertiary/aromatic N) is 2. The second-order valence-electron chi connectivity index (χ2n) is 7.04. The topological polar surface area (TPSA) is 77.2 Å². The molecule has 32 heavy (non-hydrogen) atoms. The molecule has 0 unspecified atom stereocenters. The number of fused-ring (bicyclic) bond motifs is 2. The molecule has 0 atom stereocenters. The fraction of sp³-hybridized carbons (Fsp3) is 0.0417. The van der Waals surface area contributed by atoms with E-state index in [9.17, 15) is 4.79 Å². The van der Waals surface area contributed by atoms with Crippen LogP contribution in [0.1, 0.15) is 10.4 Å². The summed E-state index contributed by atoms with van der Waals surface area (Å²) < 4.78 is 12.9. The first-order valence-corrected chi connectivity index (χ1v) is 11.2. The number of methoxy groups -OCH3 is 1. The lowest BCUT2D eigenvalue weighted by Crippen LogP contribution is -2.13. The van der Waals surface area contributed by atoms with Gasteiger partial charge in [-0.3, -0.25) is 9.78 Å². The number of amides is 1. The first-order valence-electron chi connectivity index (χ1n) is 9.61. The molecule has 0 saturated heterocycles. The van der Waals surface area contributed by atoms with Gasteiger partial charge in [-0.2, -0.15) is 0 Å². The predicted molar refractivity (Wildman–Crippen MR) is 131 cm³/mol. The minimum atomic E-state index is -0.285. The van der Waals surface area contributed by atoms with Gasteiger partial charge in [-0.15, -0.1) is 0 Å². The number of carbonyl (C=O) groups is 1. The molecule has 0 aliphatic heterocycles. The first-order chi connectivity index (χ1) is 15.5. The van der Waals surface area contributed by atoms with Gasteiger partial charge in [0, 0.05) is 22.6 Å². The highest BCUT2D eigenvalue weighted by molar-refractivity contribution is 9.11. The van der Waals surface area contributed by atoms with Crippen molar-refractivity contribution in [1.82, 2.24) is 9.97 Å². The molecule has 5 rings (SSSR count). The number of benzene rings is 3. The van der Waals surface area contributed by atoms with Gasteiger partial charge in [0.15, 0.2) is 5.58 Å². The molecule has 2 aromatic heterocycles. The third kappa shape index (κ3) is 3.76. The molecule has 3 aromatic carbocycles. The molecule has 8 heteroatoms. The maximum absolute atomic E-state index is 13.1. The van der Waals surface area contributed by atoms with Crippen LogP contribution in [0.3, 0.4) is 0 Å². The van der Waals surface area contributed by atoms with Crippen LogP contribution in [0.15, 0.2) is 80.4 Å². The number of hydrogen-bond acceptors (Lipinski definition) is 5. The van der Waals surface area contributed by atoms with Crippen LogP contribution < -0.4 is 10.1 Å². The van der Waals surface area contributed by atoms with E-state index >= 15 is 0 Å². The van der Waals surface area contributed by atoms with E-state index in [0.717, 1.165) is 25.3 Å². The Morgan fingerprint density at radius 1 is 1.06 bits per heavy atom. The SMILES string of the molecule is COc1c(C(=O)Nc2ccc3oc(-c4cncc(Br)c4)nc3c2)cc2ccccc2c1Br. The third-order valence-electron chi connectivity index (χ3n) is 4.99. The molecule has 5 aromatic rings. The number of anilines is 1. The van der Waals surface area contributed by atoms with Crippen molar-refractivity contribution >= 4 is 65.3 Å². The van der Waals surface area contributed by atoms with Crippen molar-refractivity contribution < 1.29 is 13.9 Å². The number of carbonyl (C=O) groups excluding carboxylic acids is 1. The Bertz CT molecular complexity index is 1500. The molecule has 0 saturated carbocycles. The number of rotatable bonds is 4. The van der Waals surface area contributed by atoms with Crippen LogP contribution >= 0.6 is 31.9 Å². The Kier molecular flexibility index (Phi) is 5.40. The second-order valence-corrected chi connectivity index (χ2v) is 8.75. The van der Waals surface area contributed by atoms with Crippen LogP contribution in [0.2, 0.25) is 0 Å². The van der Waals surface area contributed by atoms with Gasteiger partial charge in [0.05, 0.1) is 22.7 Å². The minimum absolute atomic E-state index is 0.285. The van der Waals surface area contributed by atoms with Crippen molar-refractivity contribution in [2.75, 3.05) is 12.4 Å². The lowest BCUT2D eigenvalue weighted by atomic mass is 10.1. The third-order valence-corrected chi connectivity index (χ3v) is 6.21. The molecule has 0 spiro atoms. The number of ether oxygens (including phenoxy) is 1. The van der Waals surface area contributed by atoms with Crippen molar-refractivity contribution in [2.45, 2.75) is 0 Å². The van der Waals surface area contributed by atoms with E-state index < -0.39 is 0 Å². The molecular formula is C24H15Br2N3O3. The quantitative estimate of drug-likeness (QED) is 0.264. The van der Waals surface area contributed by atoms with Crippen molar-refractivity contribution in [3.63, 3.8) is 0 Å². The van der Waals surface area contributed by atoms with Crippen LogP contribution in [-0.2, 0) is 0 Å². The largest absolute Gasteiger partial charge is 0.495 e. The standard InChI is InChI=1S/C24H15Br2N3O3/c1-31-22-18(9-13-4-2-3-5-17(13)21(22)26)23(30)28-16-6-7-20-19(10-16)29-24(32-20)14-8-15(25)12-27-11-14/h2-12H,1H3,(H,28,30). The molecule has 158 valence electrons. The number of pyridine rings is 1. The Hall–Kier alpha value is -3.23. The van der Waals surface area contributed by atoms with Gasteiger partial charge in [-0.25, -0.2) is 4.98 Å². The van der Waals surface area contributed by atoms with Gasteiger partial charge < -0.3 is 14.5 Å². The van der Waals surface area contributed by atoms with Crippen molar-refractivity contribution in [3.05, 3.63) is 81.5 Å². The van der Waals surface area contributed by atoms with Crippen molar-refractivity contribution in [3.8, 4) is 17.2 Å². The molecule has 1 N–H and O–H groups in total. The first kappa shape index (κ1) is 20.7. The van der Waals surface area contributed by atoms with Crippen molar-refractivity contribution in [2.24, 2.45) is 0 Å². The van der Waals surface area contributed by atoms with Crippen LogP contribution in [0.5, 0.6) is 5.75 Å².